The molecule has 0 spiro atoms. The van der Waals surface area contributed by atoms with Crippen LogP contribution in [0.3, 0.4) is 0 Å². The lowest BCUT2D eigenvalue weighted by Crippen LogP contribution is -2.18. The lowest BCUT2D eigenvalue weighted by molar-refractivity contribution is 0.0955. The van der Waals surface area contributed by atoms with Crippen molar-refractivity contribution in [1.29, 1.82) is 0 Å². The van der Waals surface area contributed by atoms with Gasteiger partial charge < -0.3 is 0 Å². The Morgan fingerprint density at radius 3 is 2.43 bits per heavy atom. The van der Waals surface area contributed by atoms with Crippen LogP contribution in [0.25, 0.3) is 0 Å². The first-order valence-corrected chi connectivity index (χ1v) is 7.18. The zero-order valence-electron chi connectivity index (χ0n) is 12.4. The molecule has 0 saturated carbocycles. The van der Waals surface area contributed by atoms with Crippen molar-refractivity contribution in [2.24, 2.45) is 5.10 Å². The highest BCUT2D eigenvalue weighted by molar-refractivity contribution is 5.94. The van der Waals surface area contributed by atoms with Gasteiger partial charge >= 0.3 is 0 Å². The predicted molar refractivity (Wildman–Crippen MR) is 86.6 cm³/mol. The van der Waals surface area contributed by atoms with Crippen LogP contribution in [-0.4, -0.2) is 12.1 Å². The highest BCUT2D eigenvalue weighted by atomic mass is 16.2. The van der Waals surface area contributed by atoms with Crippen molar-refractivity contribution in [3.05, 3.63) is 71.3 Å². The molecule has 0 aliphatic heterocycles. The van der Waals surface area contributed by atoms with E-state index in [-0.39, 0.29) is 11.8 Å². The molecule has 108 valence electrons. The van der Waals surface area contributed by atoms with Crippen molar-refractivity contribution in [3.63, 3.8) is 0 Å². The summed E-state index contributed by atoms with van der Waals surface area (Å²) in [5.41, 5.74) is 5.57. The van der Waals surface area contributed by atoms with Gasteiger partial charge in [0.25, 0.3) is 5.91 Å². The van der Waals surface area contributed by atoms with Crippen LogP contribution >= 0.6 is 0 Å². The number of rotatable bonds is 5. The molecule has 0 aromatic heterocycles. The molecule has 0 aliphatic carbocycles. The normalized spacial score (nSPS) is 12.3. The third-order valence-corrected chi connectivity index (χ3v) is 3.41. The van der Waals surface area contributed by atoms with Crippen LogP contribution in [-0.2, 0) is 6.42 Å². The summed E-state index contributed by atoms with van der Waals surface area (Å²) in [6, 6.07) is 17.6. The number of carbonyl (C=O) groups excluding carboxylic acids is 1. The fraction of sp³-hybridized carbons (Fsp3) is 0.222. The van der Waals surface area contributed by atoms with E-state index in [1.165, 1.54) is 11.1 Å². The number of hydrazone groups is 1. The van der Waals surface area contributed by atoms with Gasteiger partial charge in [-0.15, -0.1) is 0 Å². The zero-order chi connectivity index (χ0) is 15.1. The van der Waals surface area contributed by atoms with Gasteiger partial charge in [-0.2, -0.15) is 5.10 Å². The second-order valence-electron chi connectivity index (χ2n) is 4.97. The maximum atomic E-state index is 11.9. The Morgan fingerprint density at radius 2 is 1.81 bits per heavy atom. The monoisotopic (exact) mass is 280 g/mol. The largest absolute Gasteiger partial charge is 0.271 e. The molecule has 1 N–H and O–H groups in total. The smallest absolute Gasteiger partial charge is 0.267 e. The molecule has 0 aliphatic rings. The van der Waals surface area contributed by atoms with E-state index < -0.39 is 0 Å². The lowest BCUT2D eigenvalue weighted by Gasteiger charge is -2.05. The number of nitrogens with zero attached hydrogens (tertiary/aromatic N) is 1. The molecule has 3 nitrogen and oxygen atoms in total. The Bertz CT molecular complexity index is 603. The van der Waals surface area contributed by atoms with Gasteiger partial charge in [0.1, 0.15) is 0 Å². The van der Waals surface area contributed by atoms with Crippen molar-refractivity contribution >= 4 is 12.1 Å². The van der Waals surface area contributed by atoms with E-state index in [1.807, 2.05) is 61.5 Å². The quantitative estimate of drug-likeness (QED) is 0.657. The highest BCUT2D eigenvalue weighted by Crippen LogP contribution is 2.11. The average molecular weight is 280 g/mol. The number of carbonyl (C=O) groups is 1. The molecule has 0 saturated heterocycles. The first-order chi connectivity index (χ1) is 10.2. The summed E-state index contributed by atoms with van der Waals surface area (Å²) in [7, 11) is 0. The fourth-order valence-electron chi connectivity index (χ4n) is 2.01. The molecule has 3 heteroatoms. The third-order valence-electron chi connectivity index (χ3n) is 3.41. The minimum atomic E-state index is -0.186. The summed E-state index contributed by atoms with van der Waals surface area (Å²) in [4.78, 5) is 11.9. The molecule has 1 atom stereocenters. The first-order valence-electron chi connectivity index (χ1n) is 7.18. The summed E-state index contributed by atoms with van der Waals surface area (Å²) in [5.74, 6) is -0.0249. The number of nitrogens with one attached hydrogen (secondary N) is 1. The zero-order valence-corrected chi connectivity index (χ0v) is 12.4. The molecule has 2 aromatic carbocycles. The van der Waals surface area contributed by atoms with E-state index in [2.05, 4.69) is 17.5 Å². The van der Waals surface area contributed by atoms with E-state index in [0.29, 0.717) is 5.56 Å². The Kier molecular flexibility index (Phi) is 5.27. The van der Waals surface area contributed by atoms with Gasteiger partial charge in [0, 0.05) is 17.7 Å². The van der Waals surface area contributed by atoms with Crippen LogP contribution in [0.4, 0.5) is 0 Å². The van der Waals surface area contributed by atoms with Crippen molar-refractivity contribution in [2.75, 3.05) is 0 Å². The second kappa shape index (κ2) is 7.39. The fourth-order valence-corrected chi connectivity index (χ4v) is 2.01. The Hall–Kier alpha value is -2.42. The Labute approximate surface area is 125 Å². The minimum absolute atomic E-state index is 0.161. The van der Waals surface area contributed by atoms with Gasteiger partial charge in [0.2, 0.25) is 0 Å². The van der Waals surface area contributed by atoms with E-state index in [1.54, 1.807) is 6.21 Å². The molecule has 0 heterocycles. The van der Waals surface area contributed by atoms with Crippen LogP contribution < -0.4 is 5.43 Å². The van der Waals surface area contributed by atoms with E-state index in [9.17, 15) is 4.79 Å². The van der Waals surface area contributed by atoms with Crippen LogP contribution in [0.2, 0.25) is 0 Å². The summed E-state index contributed by atoms with van der Waals surface area (Å²) in [6.45, 7) is 4.13. The number of hydrogen-bond acceptors (Lipinski definition) is 2. The molecule has 0 unspecified atom stereocenters. The third kappa shape index (κ3) is 4.28. The molecule has 0 bridgehead atoms. The van der Waals surface area contributed by atoms with E-state index in [4.69, 9.17) is 0 Å². The molecule has 1 amide bonds. The van der Waals surface area contributed by atoms with Crippen LogP contribution in [0.5, 0.6) is 0 Å². The van der Waals surface area contributed by atoms with E-state index >= 15 is 0 Å². The minimum Gasteiger partial charge on any atom is -0.267 e. The van der Waals surface area contributed by atoms with Gasteiger partial charge in [-0.05, 0) is 29.7 Å². The van der Waals surface area contributed by atoms with Gasteiger partial charge in [-0.3, -0.25) is 4.79 Å². The summed E-state index contributed by atoms with van der Waals surface area (Å²) in [5, 5.41) is 4.04. The predicted octanol–water partition coefficient (Wildman–Crippen LogP) is 3.77. The summed E-state index contributed by atoms with van der Waals surface area (Å²) < 4.78 is 0. The van der Waals surface area contributed by atoms with Crippen LogP contribution in [0, 0.1) is 0 Å². The standard InChI is InChI=1S/C18H20N2O/c1-3-15-9-11-17(12-10-15)18(21)20-19-13-14(2)16-7-5-4-6-8-16/h4-14H,3H2,1-2H3,(H,20,21)/b19-13-/t14-/m0/s1. The highest BCUT2D eigenvalue weighted by Gasteiger charge is 2.04. The van der Waals surface area contributed by atoms with Gasteiger partial charge in [0.05, 0.1) is 0 Å². The molecule has 2 aromatic rings. The van der Waals surface area contributed by atoms with Crippen molar-refractivity contribution in [1.82, 2.24) is 5.43 Å². The number of hydrogen-bond donors (Lipinski definition) is 1. The maximum Gasteiger partial charge on any atom is 0.271 e. The summed E-state index contributed by atoms with van der Waals surface area (Å²) in [6.07, 6.45) is 2.71. The van der Waals surface area contributed by atoms with E-state index in [0.717, 1.165) is 6.42 Å². The van der Waals surface area contributed by atoms with Crippen LogP contribution in [0.15, 0.2) is 59.7 Å². The number of benzene rings is 2. The number of aryl methyl sites for hydroxylation is 1. The van der Waals surface area contributed by atoms with Crippen molar-refractivity contribution < 1.29 is 4.79 Å². The molecule has 0 fully saturated rings. The Balaban J connectivity index is 1.92. The molecular weight excluding hydrogens is 260 g/mol. The molecule has 21 heavy (non-hydrogen) atoms. The summed E-state index contributed by atoms with van der Waals surface area (Å²) >= 11 is 0. The van der Waals surface area contributed by atoms with Gasteiger partial charge in [-0.1, -0.05) is 56.3 Å². The molecule has 0 radical (unpaired) electrons. The van der Waals surface area contributed by atoms with Gasteiger partial charge in [0.15, 0.2) is 0 Å². The SMILES string of the molecule is CCc1ccc(C(=O)N/N=C\[C@H](C)c2ccccc2)cc1. The maximum absolute atomic E-state index is 11.9. The molecular formula is C18H20N2O. The van der Waals surface area contributed by atoms with Gasteiger partial charge in [-0.25, -0.2) is 5.43 Å². The molecule has 2 rings (SSSR count). The lowest BCUT2D eigenvalue weighted by atomic mass is 10.0. The van der Waals surface area contributed by atoms with Crippen molar-refractivity contribution in [3.8, 4) is 0 Å². The average Bonchev–Trinajstić information content (AvgIpc) is 2.55. The number of amides is 1. The topological polar surface area (TPSA) is 41.5 Å². The second-order valence-corrected chi connectivity index (χ2v) is 4.97. The Morgan fingerprint density at radius 1 is 1.14 bits per heavy atom. The first kappa shape index (κ1) is 15.0. The van der Waals surface area contributed by atoms with Crippen molar-refractivity contribution in [2.45, 2.75) is 26.2 Å². The van der Waals surface area contributed by atoms with Crippen LogP contribution in [0.1, 0.15) is 41.3 Å².